The van der Waals surface area contributed by atoms with E-state index in [-0.39, 0.29) is 0 Å². The van der Waals surface area contributed by atoms with Crippen molar-refractivity contribution in [2.75, 3.05) is 0 Å². The van der Waals surface area contributed by atoms with Crippen molar-refractivity contribution in [1.82, 2.24) is 0 Å². The lowest BCUT2D eigenvalue weighted by Crippen LogP contribution is -2.47. The molecule has 1 unspecified atom stereocenters. The Hall–Kier alpha value is -0.530. The van der Waals surface area contributed by atoms with Gasteiger partial charge in [0.25, 0.3) is 0 Å². The minimum Gasteiger partial charge on any atom is -0.391 e. The minimum absolute atomic E-state index is 1.12. The molecule has 0 radical (unpaired) electrons. The van der Waals surface area contributed by atoms with Gasteiger partial charge in [-0.25, -0.2) is 0 Å². The number of aliphatic hydroxyl groups excluding tert-OH is 4. The number of ketones is 1. The number of hydrogen-bond acceptors (Lipinski definition) is 6. The van der Waals surface area contributed by atoms with E-state index < -0.39 is 30.3 Å². The van der Waals surface area contributed by atoms with Crippen LogP contribution in [0.3, 0.4) is 0 Å². The summed E-state index contributed by atoms with van der Waals surface area (Å²) in [5.74, 6) is -1.12. The van der Waals surface area contributed by atoms with Gasteiger partial charge in [-0.3, -0.25) is 10.5 Å². The highest BCUT2D eigenvalue weighted by Crippen LogP contribution is 2.01. The predicted octanol–water partition coefficient (Wildman–Crippen LogP) is -3.06. The zero-order valence-electron chi connectivity index (χ0n) is 6.58. The SMILES string of the molecule is C[C@H](O)[C@@H](O)[C@H](O)C(=O)C(N)O. The summed E-state index contributed by atoms with van der Waals surface area (Å²) in [6.45, 7) is 1.20. The van der Waals surface area contributed by atoms with Crippen LogP contribution in [-0.2, 0) is 4.79 Å². The lowest BCUT2D eigenvalue weighted by molar-refractivity contribution is -0.145. The van der Waals surface area contributed by atoms with Crippen LogP contribution >= 0.6 is 0 Å². The van der Waals surface area contributed by atoms with Gasteiger partial charge in [0.15, 0.2) is 6.23 Å². The number of rotatable bonds is 4. The van der Waals surface area contributed by atoms with Crippen molar-refractivity contribution >= 4 is 5.78 Å². The van der Waals surface area contributed by atoms with Crippen LogP contribution in [0.5, 0.6) is 0 Å². The molecule has 0 aromatic carbocycles. The van der Waals surface area contributed by atoms with Crippen LogP contribution in [0, 0.1) is 0 Å². The van der Waals surface area contributed by atoms with Crippen molar-refractivity contribution in [1.29, 1.82) is 0 Å². The minimum atomic E-state index is -1.86. The number of Topliss-reactive ketones (excluding diaryl/α,β-unsaturated/α-hetero) is 1. The summed E-state index contributed by atoms with van der Waals surface area (Å²) < 4.78 is 0. The lowest BCUT2D eigenvalue weighted by Gasteiger charge is -2.19. The van der Waals surface area contributed by atoms with Crippen molar-refractivity contribution in [3.63, 3.8) is 0 Å². The monoisotopic (exact) mass is 179 g/mol. The van der Waals surface area contributed by atoms with E-state index in [0.717, 1.165) is 0 Å². The maximum Gasteiger partial charge on any atom is 0.206 e. The van der Waals surface area contributed by atoms with Gasteiger partial charge in [-0.2, -0.15) is 0 Å². The first-order chi connectivity index (χ1) is 5.37. The highest BCUT2D eigenvalue weighted by molar-refractivity contribution is 5.86. The Morgan fingerprint density at radius 1 is 1.25 bits per heavy atom. The van der Waals surface area contributed by atoms with Gasteiger partial charge in [-0.05, 0) is 6.92 Å². The fourth-order valence-corrected chi connectivity index (χ4v) is 0.607. The van der Waals surface area contributed by atoms with Gasteiger partial charge in [0.05, 0.1) is 6.10 Å². The third kappa shape index (κ3) is 2.84. The van der Waals surface area contributed by atoms with E-state index in [0.29, 0.717) is 0 Å². The molecule has 6 nitrogen and oxygen atoms in total. The number of hydrogen-bond donors (Lipinski definition) is 5. The van der Waals surface area contributed by atoms with Crippen molar-refractivity contribution in [3.05, 3.63) is 0 Å². The number of aliphatic hydroxyl groups is 4. The molecule has 12 heavy (non-hydrogen) atoms. The van der Waals surface area contributed by atoms with Crippen molar-refractivity contribution in [3.8, 4) is 0 Å². The van der Waals surface area contributed by atoms with E-state index in [1.165, 1.54) is 6.92 Å². The Balaban J connectivity index is 4.19. The lowest BCUT2D eigenvalue weighted by atomic mass is 10.0. The summed E-state index contributed by atoms with van der Waals surface area (Å²) in [6, 6.07) is 0. The Bertz CT molecular complexity index is 158. The second kappa shape index (κ2) is 4.48. The molecule has 0 fully saturated rings. The predicted molar refractivity (Wildman–Crippen MR) is 38.9 cm³/mol. The van der Waals surface area contributed by atoms with Gasteiger partial charge in [0, 0.05) is 0 Å². The molecular formula is C6H13NO5. The summed E-state index contributed by atoms with van der Waals surface area (Å²) in [5.41, 5.74) is 4.73. The molecule has 6 N–H and O–H groups in total. The average molecular weight is 179 g/mol. The van der Waals surface area contributed by atoms with Gasteiger partial charge >= 0.3 is 0 Å². The highest BCUT2D eigenvalue weighted by atomic mass is 16.4. The van der Waals surface area contributed by atoms with Gasteiger partial charge < -0.3 is 20.4 Å². The van der Waals surface area contributed by atoms with Crippen LogP contribution < -0.4 is 5.73 Å². The zero-order chi connectivity index (χ0) is 9.89. The molecule has 0 bridgehead atoms. The molecular weight excluding hydrogens is 166 g/mol. The van der Waals surface area contributed by atoms with Crippen molar-refractivity contribution in [2.24, 2.45) is 5.73 Å². The van der Waals surface area contributed by atoms with Crippen LogP contribution in [0.15, 0.2) is 0 Å². The molecule has 0 aliphatic rings. The maximum absolute atomic E-state index is 10.7. The molecule has 4 atom stereocenters. The second-order valence-corrected chi connectivity index (χ2v) is 2.52. The van der Waals surface area contributed by atoms with E-state index in [9.17, 15) is 4.79 Å². The smallest absolute Gasteiger partial charge is 0.206 e. The third-order valence-corrected chi connectivity index (χ3v) is 1.40. The van der Waals surface area contributed by atoms with Crippen molar-refractivity contribution < 1.29 is 25.2 Å². The molecule has 0 rings (SSSR count). The molecule has 0 aliphatic carbocycles. The van der Waals surface area contributed by atoms with Gasteiger partial charge in [0.2, 0.25) is 5.78 Å². The summed E-state index contributed by atoms with van der Waals surface area (Å²) in [5, 5.41) is 35.1. The second-order valence-electron chi connectivity index (χ2n) is 2.52. The van der Waals surface area contributed by atoms with E-state index in [2.05, 4.69) is 0 Å². The summed E-state index contributed by atoms with van der Waals surface area (Å²) in [6.07, 6.45) is -6.59. The first kappa shape index (κ1) is 11.5. The normalized spacial score (nSPS) is 21.2. The molecule has 0 saturated carbocycles. The number of carbonyl (C=O) groups excluding carboxylic acids is 1. The third-order valence-electron chi connectivity index (χ3n) is 1.40. The van der Waals surface area contributed by atoms with Crippen LogP contribution in [-0.4, -0.2) is 50.7 Å². The Morgan fingerprint density at radius 3 is 1.92 bits per heavy atom. The largest absolute Gasteiger partial charge is 0.391 e. The fourth-order valence-electron chi connectivity index (χ4n) is 0.607. The van der Waals surface area contributed by atoms with Crippen molar-refractivity contribution in [2.45, 2.75) is 31.5 Å². The van der Waals surface area contributed by atoms with E-state index in [1.807, 2.05) is 0 Å². The van der Waals surface area contributed by atoms with E-state index in [4.69, 9.17) is 26.2 Å². The van der Waals surface area contributed by atoms with Crippen LogP contribution in [0.1, 0.15) is 6.92 Å². The zero-order valence-corrected chi connectivity index (χ0v) is 6.58. The molecule has 6 heteroatoms. The Morgan fingerprint density at radius 2 is 1.67 bits per heavy atom. The van der Waals surface area contributed by atoms with Crippen LogP contribution in [0.4, 0.5) is 0 Å². The molecule has 0 aromatic rings. The quantitative estimate of drug-likeness (QED) is 0.292. The molecule has 0 aliphatic heterocycles. The molecule has 0 heterocycles. The Labute approximate surface area is 69.2 Å². The van der Waals surface area contributed by atoms with Gasteiger partial charge in [-0.15, -0.1) is 0 Å². The molecule has 0 aromatic heterocycles. The number of carbonyl (C=O) groups is 1. The molecule has 0 saturated heterocycles. The average Bonchev–Trinajstić information content (AvgIpc) is 2.00. The van der Waals surface area contributed by atoms with Crippen LogP contribution in [0.25, 0.3) is 0 Å². The van der Waals surface area contributed by atoms with E-state index in [1.54, 1.807) is 0 Å². The maximum atomic E-state index is 10.7. The molecule has 0 spiro atoms. The highest BCUT2D eigenvalue weighted by Gasteiger charge is 2.30. The van der Waals surface area contributed by atoms with Crippen LogP contribution in [0.2, 0.25) is 0 Å². The number of nitrogens with two attached hydrogens (primary N) is 1. The van der Waals surface area contributed by atoms with Gasteiger partial charge in [0.1, 0.15) is 12.2 Å². The standard InChI is InChI=1S/C6H13NO5/c1-2(8)3(9)4(10)5(11)6(7)12/h2-4,6,8-10,12H,7H2,1H3/t2-,3+,4-,6?/m0/s1. The molecule has 72 valence electrons. The fraction of sp³-hybridized carbons (Fsp3) is 0.833. The Kier molecular flexibility index (Phi) is 4.29. The summed E-state index contributed by atoms with van der Waals surface area (Å²) >= 11 is 0. The topological polar surface area (TPSA) is 124 Å². The molecule has 0 amide bonds. The summed E-state index contributed by atoms with van der Waals surface area (Å²) in [4.78, 5) is 10.7. The van der Waals surface area contributed by atoms with E-state index >= 15 is 0 Å². The summed E-state index contributed by atoms with van der Waals surface area (Å²) in [7, 11) is 0. The first-order valence-corrected chi connectivity index (χ1v) is 3.39. The van der Waals surface area contributed by atoms with Gasteiger partial charge in [-0.1, -0.05) is 0 Å². The first-order valence-electron chi connectivity index (χ1n) is 3.39.